The molecule has 1 N–H and O–H groups in total. The lowest BCUT2D eigenvalue weighted by molar-refractivity contribution is -0.131. The molecule has 0 radical (unpaired) electrons. The van der Waals surface area contributed by atoms with E-state index in [0.29, 0.717) is 6.54 Å². The number of carbonyl (C=O) groups excluding carboxylic acids is 2. The lowest BCUT2D eigenvalue weighted by atomic mass is 10.2. The molecule has 146 valence electrons. The molecule has 0 saturated carbocycles. The van der Waals surface area contributed by atoms with E-state index in [1.165, 1.54) is 4.90 Å². The summed E-state index contributed by atoms with van der Waals surface area (Å²) >= 11 is 1.57. The van der Waals surface area contributed by atoms with Gasteiger partial charge >= 0.3 is 0 Å². The van der Waals surface area contributed by atoms with Crippen LogP contribution in [0.1, 0.15) is 10.4 Å². The first-order valence-corrected chi connectivity index (χ1v) is 8.95. The Morgan fingerprint density at radius 2 is 1.78 bits per heavy atom. The number of halogens is 3. The second kappa shape index (κ2) is 9.01. The molecule has 0 spiro atoms. The third kappa shape index (κ3) is 5.54. The molecule has 0 atom stereocenters. The summed E-state index contributed by atoms with van der Waals surface area (Å²) in [4.78, 5) is 28.3. The summed E-state index contributed by atoms with van der Waals surface area (Å²) in [6.07, 6.45) is 0. The van der Waals surface area contributed by atoms with Gasteiger partial charge in [-0.15, -0.1) is 11.3 Å². The van der Waals surface area contributed by atoms with E-state index in [2.05, 4.69) is 5.32 Å². The van der Waals surface area contributed by atoms with Crippen molar-refractivity contribution in [3.05, 3.63) is 51.5 Å². The van der Waals surface area contributed by atoms with Crippen molar-refractivity contribution in [2.24, 2.45) is 0 Å². The van der Waals surface area contributed by atoms with Crippen LogP contribution >= 0.6 is 11.3 Å². The van der Waals surface area contributed by atoms with Crippen molar-refractivity contribution >= 4 is 28.8 Å². The highest BCUT2D eigenvalue weighted by atomic mass is 32.1. The van der Waals surface area contributed by atoms with E-state index in [1.807, 2.05) is 18.4 Å². The molecule has 0 saturated heterocycles. The predicted molar refractivity (Wildman–Crippen MR) is 98.0 cm³/mol. The minimum absolute atomic E-state index is 0.0192. The predicted octanol–water partition coefficient (Wildman–Crippen LogP) is 3.00. The number of carbonyl (C=O) groups is 2. The number of likely N-dealkylation sites (N-methyl/N-ethyl adjacent to an activating group) is 2. The van der Waals surface area contributed by atoms with Gasteiger partial charge in [0.05, 0.1) is 25.3 Å². The van der Waals surface area contributed by atoms with Gasteiger partial charge in [0.1, 0.15) is 0 Å². The molecule has 9 heteroatoms. The number of nitrogens with zero attached hydrogens (tertiary/aromatic N) is 2. The summed E-state index contributed by atoms with van der Waals surface area (Å²) in [6, 6.07) is 3.64. The number of hydrogen-bond acceptors (Lipinski definition) is 4. The van der Waals surface area contributed by atoms with E-state index < -0.39 is 29.0 Å². The quantitative estimate of drug-likeness (QED) is 0.729. The van der Waals surface area contributed by atoms with Crippen LogP contribution in [0.4, 0.5) is 18.9 Å². The Labute approximate surface area is 159 Å². The molecule has 0 aliphatic heterocycles. The van der Waals surface area contributed by atoms with Crippen LogP contribution in [0.25, 0.3) is 0 Å². The van der Waals surface area contributed by atoms with E-state index >= 15 is 0 Å². The van der Waals surface area contributed by atoms with Gasteiger partial charge < -0.3 is 10.2 Å². The van der Waals surface area contributed by atoms with E-state index in [1.54, 1.807) is 30.3 Å². The molecule has 2 aromatic rings. The normalized spacial score (nSPS) is 10.9. The Kier molecular flexibility index (Phi) is 6.98. The Morgan fingerprint density at radius 1 is 1.07 bits per heavy atom. The summed E-state index contributed by atoms with van der Waals surface area (Å²) < 4.78 is 39.7. The van der Waals surface area contributed by atoms with Gasteiger partial charge in [-0.25, -0.2) is 13.2 Å². The number of anilines is 1. The first-order valence-electron chi connectivity index (χ1n) is 8.08. The van der Waals surface area contributed by atoms with Crippen LogP contribution in [0.5, 0.6) is 0 Å². The zero-order valence-corrected chi connectivity index (χ0v) is 16.0. The van der Waals surface area contributed by atoms with Crippen LogP contribution in [0.15, 0.2) is 23.6 Å². The van der Waals surface area contributed by atoms with Gasteiger partial charge in [0, 0.05) is 11.9 Å². The smallest absolute Gasteiger partial charge is 0.238 e. The fourth-order valence-electron chi connectivity index (χ4n) is 2.33. The highest BCUT2D eigenvalue weighted by Gasteiger charge is 2.18. The zero-order valence-electron chi connectivity index (χ0n) is 15.2. The van der Waals surface area contributed by atoms with Gasteiger partial charge in [0.2, 0.25) is 11.8 Å². The van der Waals surface area contributed by atoms with Crippen molar-refractivity contribution < 1.29 is 22.8 Å². The maximum Gasteiger partial charge on any atom is 0.238 e. The van der Waals surface area contributed by atoms with Crippen molar-refractivity contribution in [1.82, 2.24) is 9.80 Å². The lowest BCUT2D eigenvalue weighted by Crippen LogP contribution is -2.39. The number of benzene rings is 1. The molecule has 27 heavy (non-hydrogen) atoms. The van der Waals surface area contributed by atoms with Crippen molar-refractivity contribution in [3.63, 3.8) is 0 Å². The van der Waals surface area contributed by atoms with Gasteiger partial charge in [0.25, 0.3) is 0 Å². The Balaban J connectivity index is 1.86. The van der Waals surface area contributed by atoms with Gasteiger partial charge in [0.15, 0.2) is 17.5 Å². The molecule has 1 aromatic heterocycles. The molecule has 1 aromatic carbocycles. The van der Waals surface area contributed by atoms with E-state index in [4.69, 9.17) is 0 Å². The lowest BCUT2D eigenvalue weighted by Gasteiger charge is -2.21. The molecule has 0 aliphatic carbocycles. The fourth-order valence-corrected chi connectivity index (χ4v) is 3.29. The average Bonchev–Trinajstić information content (AvgIpc) is 3.00. The topological polar surface area (TPSA) is 52.7 Å². The highest BCUT2D eigenvalue weighted by Crippen LogP contribution is 2.19. The maximum absolute atomic E-state index is 13.6. The highest BCUT2D eigenvalue weighted by molar-refractivity contribution is 7.10. The maximum atomic E-state index is 13.6. The van der Waals surface area contributed by atoms with Crippen molar-refractivity contribution in [3.8, 4) is 0 Å². The Bertz CT molecular complexity index is 841. The van der Waals surface area contributed by atoms with Gasteiger partial charge in [-0.05, 0) is 43.1 Å². The number of rotatable bonds is 7. The molecule has 2 amide bonds. The van der Waals surface area contributed by atoms with Gasteiger partial charge in [-0.3, -0.25) is 14.5 Å². The van der Waals surface area contributed by atoms with Crippen LogP contribution in [0.3, 0.4) is 0 Å². The minimum Gasteiger partial charge on any atom is -0.339 e. The van der Waals surface area contributed by atoms with Crippen LogP contribution in [-0.2, 0) is 16.1 Å². The van der Waals surface area contributed by atoms with Crippen molar-refractivity contribution in [2.45, 2.75) is 13.5 Å². The summed E-state index contributed by atoms with van der Waals surface area (Å²) in [6.45, 7) is 2.21. The van der Waals surface area contributed by atoms with E-state index in [-0.39, 0.29) is 19.0 Å². The second-order valence-corrected chi connectivity index (χ2v) is 7.22. The molecule has 5 nitrogen and oxygen atoms in total. The average molecular weight is 399 g/mol. The number of thiophene rings is 1. The fraction of sp³-hybridized carbons (Fsp3) is 0.333. The number of amides is 2. The van der Waals surface area contributed by atoms with Crippen LogP contribution < -0.4 is 5.32 Å². The molecule has 0 bridgehead atoms. The van der Waals surface area contributed by atoms with Crippen LogP contribution in [-0.4, -0.2) is 48.8 Å². The molecule has 0 fully saturated rings. The number of hydrogen-bond donors (Lipinski definition) is 1. The Hall–Kier alpha value is -2.39. The largest absolute Gasteiger partial charge is 0.339 e. The molecule has 0 unspecified atom stereocenters. The first-order chi connectivity index (χ1) is 12.7. The monoisotopic (exact) mass is 399 g/mol. The molecule has 1 heterocycles. The number of aryl methyl sites for hydroxylation is 1. The summed E-state index contributed by atoms with van der Waals surface area (Å²) in [7, 11) is 3.23. The standard InChI is InChI=1S/C18H20F3N3O2S/c1-11-6-7-27-14(11)8-24(3)16(26)10-23(2)9-15(25)22-13-5-4-12(19)17(20)18(13)21/h4-7H,8-10H2,1-3H3,(H,22,25). The second-order valence-electron chi connectivity index (χ2n) is 6.22. The summed E-state index contributed by atoms with van der Waals surface area (Å²) in [5, 5.41) is 4.13. The molecular weight excluding hydrogens is 379 g/mol. The van der Waals surface area contributed by atoms with Crippen LogP contribution in [0.2, 0.25) is 0 Å². The van der Waals surface area contributed by atoms with Gasteiger partial charge in [-0.1, -0.05) is 0 Å². The van der Waals surface area contributed by atoms with Crippen molar-refractivity contribution in [1.29, 1.82) is 0 Å². The van der Waals surface area contributed by atoms with E-state index in [9.17, 15) is 22.8 Å². The summed E-state index contributed by atoms with van der Waals surface area (Å²) in [5.41, 5.74) is 0.657. The van der Waals surface area contributed by atoms with Crippen molar-refractivity contribution in [2.75, 3.05) is 32.5 Å². The Morgan fingerprint density at radius 3 is 2.41 bits per heavy atom. The van der Waals surface area contributed by atoms with E-state index in [0.717, 1.165) is 22.6 Å². The molecule has 0 aliphatic rings. The third-order valence-corrected chi connectivity index (χ3v) is 4.91. The molecule has 2 rings (SSSR count). The third-order valence-electron chi connectivity index (χ3n) is 3.90. The SMILES string of the molecule is Cc1ccsc1CN(C)C(=O)CN(C)CC(=O)Nc1ccc(F)c(F)c1F. The summed E-state index contributed by atoms with van der Waals surface area (Å²) in [5.74, 6) is -5.28. The van der Waals surface area contributed by atoms with Crippen LogP contribution in [0, 0.1) is 24.4 Å². The van der Waals surface area contributed by atoms with Gasteiger partial charge in [-0.2, -0.15) is 0 Å². The number of nitrogens with one attached hydrogen (secondary N) is 1. The first kappa shape index (κ1) is 20.9. The minimum atomic E-state index is -1.65. The molecular formula is C18H20F3N3O2S. The zero-order chi connectivity index (χ0) is 20.1.